The molecule has 7 heteroatoms. The molecule has 3 aromatic rings. The zero-order valence-electron chi connectivity index (χ0n) is 25.0. The van der Waals surface area contributed by atoms with E-state index in [1.54, 1.807) is 0 Å². The maximum Gasteiger partial charge on any atom is 0.233 e. The Bertz CT molecular complexity index is 1430. The Balaban J connectivity index is 1.19. The molecule has 2 atom stereocenters. The van der Waals surface area contributed by atoms with Crippen LogP contribution in [-0.4, -0.2) is 66.3 Å². The number of amides is 2. The molecular weight excluding hydrogens is 577 g/mol. The fourth-order valence-corrected chi connectivity index (χ4v) is 7.86. The summed E-state index contributed by atoms with van der Waals surface area (Å²) < 4.78 is 0. The molecule has 3 aromatic carbocycles. The third kappa shape index (κ3) is 5.96. The summed E-state index contributed by atoms with van der Waals surface area (Å²) in [5.74, 6) is 0.615. The monoisotopic (exact) mass is 617 g/mol. The van der Waals surface area contributed by atoms with E-state index in [0.29, 0.717) is 22.5 Å². The number of nitrogens with zero attached hydrogens (tertiary/aromatic N) is 3. The van der Waals surface area contributed by atoms with Gasteiger partial charge in [-0.15, -0.1) is 0 Å². The van der Waals surface area contributed by atoms with E-state index in [4.69, 9.17) is 23.2 Å². The lowest BCUT2D eigenvalue weighted by Crippen LogP contribution is -2.54. The molecule has 2 amide bonds. The molecule has 3 aliphatic rings. The summed E-state index contributed by atoms with van der Waals surface area (Å²) in [7, 11) is 1.88. The van der Waals surface area contributed by atoms with E-state index >= 15 is 0 Å². The number of hydrogen-bond donors (Lipinski definition) is 0. The second-order valence-corrected chi connectivity index (χ2v) is 13.6. The van der Waals surface area contributed by atoms with Crippen molar-refractivity contribution in [1.82, 2.24) is 14.7 Å². The zero-order valence-corrected chi connectivity index (χ0v) is 26.5. The van der Waals surface area contributed by atoms with E-state index in [0.717, 1.165) is 81.5 Å². The summed E-state index contributed by atoms with van der Waals surface area (Å²) in [6.07, 6.45) is 5.79. The number of rotatable bonds is 8. The molecule has 43 heavy (non-hydrogen) atoms. The molecule has 6 rings (SSSR count). The Morgan fingerprint density at radius 3 is 2.14 bits per heavy atom. The zero-order chi connectivity index (χ0) is 30.0. The predicted molar refractivity (Wildman–Crippen MR) is 173 cm³/mol. The minimum Gasteiger partial charge on any atom is -0.342 e. The van der Waals surface area contributed by atoms with Crippen molar-refractivity contribution in [2.24, 2.45) is 5.92 Å². The maximum atomic E-state index is 14.2. The Labute approximate surface area is 265 Å². The van der Waals surface area contributed by atoms with Gasteiger partial charge in [0.2, 0.25) is 11.8 Å². The molecule has 3 fully saturated rings. The number of halogens is 2. The minimum absolute atomic E-state index is 0.121. The summed E-state index contributed by atoms with van der Waals surface area (Å²) in [6.45, 7) is 4.70. The third-order valence-corrected chi connectivity index (χ3v) is 10.7. The smallest absolute Gasteiger partial charge is 0.233 e. The first kappa shape index (κ1) is 30.2. The van der Waals surface area contributed by atoms with Gasteiger partial charge in [0.1, 0.15) is 0 Å². The molecule has 0 N–H and O–H groups in total. The number of likely N-dealkylation sites (N-methyl/N-ethyl adjacent to an activating group) is 1. The van der Waals surface area contributed by atoms with Crippen LogP contribution in [0.25, 0.3) is 0 Å². The number of benzene rings is 3. The quantitative estimate of drug-likeness (QED) is 0.274. The molecule has 0 unspecified atom stereocenters. The number of likely N-dealkylation sites (tertiary alicyclic amines) is 2. The van der Waals surface area contributed by atoms with Gasteiger partial charge in [-0.25, -0.2) is 0 Å². The summed E-state index contributed by atoms with van der Waals surface area (Å²) in [5, 5.41) is 1.34. The molecular formula is C36H41Cl2N3O2. The Morgan fingerprint density at radius 2 is 1.47 bits per heavy atom. The lowest BCUT2D eigenvalue weighted by molar-refractivity contribution is -0.140. The van der Waals surface area contributed by atoms with E-state index < -0.39 is 10.8 Å². The number of piperidine rings is 2. The Hall–Kier alpha value is -2.86. The highest BCUT2D eigenvalue weighted by Crippen LogP contribution is 2.56. The van der Waals surface area contributed by atoms with Crippen LogP contribution in [-0.2, 0) is 27.0 Å². The van der Waals surface area contributed by atoms with Gasteiger partial charge in [0.05, 0.1) is 10.8 Å². The summed E-state index contributed by atoms with van der Waals surface area (Å²) in [5.41, 5.74) is 2.04. The first-order valence-corrected chi connectivity index (χ1v) is 16.4. The standard InChI is InChI=1S/C36H41Cl2N3O2/c1-39(25-27-10-6-7-13-32(27)38)34(43)36(29-14-16-31(37)17-15-29)24-30(36)26-40-22-18-35(19-23-40,28-11-4-2-5-12-28)33(42)41-20-8-3-9-21-41/h2,4-7,10-17,30H,3,8-9,18-26H2,1H3/t30-,36+/m0/s1. The van der Waals surface area contributed by atoms with E-state index in [2.05, 4.69) is 34.1 Å². The van der Waals surface area contributed by atoms with Crippen LogP contribution in [0.15, 0.2) is 78.9 Å². The van der Waals surface area contributed by atoms with Crippen LogP contribution in [0.5, 0.6) is 0 Å². The second kappa shape index (κ2) is 12.6. The summed E-state index contributed by atoms with van der Waals surface area (Å²) in [6, 6.07) is 25.9. The number of hydrogen-bond acceptors (Lipinski definition) is 3. The molecule has 1 aliphatic carbocycles. The van der Waals surface area contributed by atoms with Crippen molar-refractivity contribution in [2.45, 2.75) is 55.9 Å². The molecule has 1 saturated carbocycles. The first-order valence-electron chi connectivity index (χ1n) is 15.7. The van der Waals surface area contributed by atoms with Gasteiger partial charge in [0, 0.05) is 43.3 Å². The SMILES string of the molecule is CN(Cc1ccccc1Cl)C(=O)[C@@]1(c2ccc(Cl)cc2)C[C@H]1CN1CCC(C(=O)N2CCCCC2)(c2ccccc2)CC1. The van der Waals surface area contributed by atoms with Crippen molar-refractivity contribution in [3.05, 3.63) is 106 Å². The van der Waals surface area contributed by atoms with Crippen molar-refractivity contribution in [1.29, 1.82) is 0 Å². The Kier molecular flexibility index (Phi) is 8.86. The lowest BCUT2D eigenvalue weighted by atomic mass is 9.71. The van der Waals surface area contributed by atoms with Gasteiger partial charge in [0.15, 0.2) is 0 Å². The summed E-state index contributed by atoms with van der Waals surface area (Å²) in [4.78, 5) is 34.7. The molecule has 5 nitrogen and oxygen atoms in total. The molecule has 0 bridgehead atoms. The van der Waals surface area contributed by atoms with Crippen molar-refractivity contribution in [2.75, 3.05) is 39.8 Å². The molecule has 2 aliphatic heterocycles. The third-order valence-electron chi connectivity index (χ3n) is 10.1. The van der Waals surface area contributed by atoms with Gasteiger partial charge in [-0.1, -0.05) is 83.9 Å². The van der Waals surface area contributed by atoms with Gasteiger partial charge in [-0.2, -0.15) is 0 Å². The number of carbonyl (C=O) groups is 2. The highest BCUT2D eigenvalue weighted by molar-refractivity contribution is 6.31. The highest BCUT2D eigenvalue weighted by atomic mass is 35.5. The molecule has 2 saturated heterocycles. The van der Waals surface area contributed by atoms with Crippen LogP contribution >= 0.6 is 23.2 Å². The fraction of sp³-hybridized carbons (Fsp3) is 0.444. The van der Waals surface area contributed by atoms with Gasteiger partial charge in [-0.3, -0.25) is 9.59 Å². The normalized spacial score (nSPS) is 23.5. The highest BCUT2D eigenvalue weighted by Gasteiger charge is 2.62. The molecule has 226 valence electrons. The first-order chi connectivity index (χ1) is 20.8. The van der Waals surface area contributed by atoms with Gasteiger partial charge in [0.25, 0.3) is 0 Å². The topological polar surface area (TPSA) is 43.9 Å². The fourth-order valence-electron chi connectivity index (χ4n) is 7.54. The van der Waals surface area contributed by atoms with E-state index in [1.165, 1.54) is 6.42 Å². The van der Waals surface area contributed by atoms with Crippen LogP contribution in [0.3, 0.4) is 0 Å². The Morgan fingerprint density at radius 1 is 0.814 bits per heavy atom. The molecule has 0 aromatic heterocycles. The van der Waals surface area contributed by atoms with Crippen molar-refractivity contribution < 1.29 is 9.59 Å². The van der Waals surface area contributed by atoms with Gasteiger partial charge >= 0.3 is 0 Å². The number of carbonyl (C=O) groups excluding carboxylic acids is 2. The summed E-state index contributed by atoms with van der Waals surface area (Å²) >= 11 is 12.7. The average Bonchev–Trinajstić information content (AvgIpc) is 3.77. The molecule has 2 heterocycles. The van der Waals surface area contributed by atoms with Crippen LogP contribution in [0.2, 0.25) is 10.0 Å². The van der Waals surface area contributed by atoms with Crippen molar-refractivity contribution in [3.63, 3.8) is 0 Å². The van der Waals surface area contributed by atoms with Gasteiger partial charge < -0.3 is 14.7 Å². The van der Waals surface area contributed by atoms with Crippen LogP contribution < -0.4 is 0 Å². The van der Waals surface area contributed by atoms with Crippen molar-refractivity contribution >= 4 is 35.0 Å². The van der Waals surface area contributed by atoms with Crippen molar-refractivity contribution in [3.8, 4) is 0 Å². The second-order valence-electron chi connectivity index (χ2n) is 12.7. The molecule has 0 radical (unpaired) electrons. The van der Waals surface area contributed by atoms with Gasteiger partial charge in [-0.05, 0) is 92.4 Å². The van der Waals surface area contributed by atoms with E-state index in [1.807, 2.05) is 66.5 Å². The van der Waals surface area contributed by atoms with Crippen LogP contribution in [0.4, 0.5) is 0 Å². The van der Waals surface area contributed by atoms with Crippen LogP contribution in [0, 0.1) is 5.92 Å². The maximum absolute atomic E-state index is 14.2. The molecule has 0 spiro atoms. The van der Waals surface area contributed by atoms with Crippen LogP contribution in [0.1, 0.15) is 55.2 Å². The lowest BCUT2D eigenvalue weighted by Gasteiger charge is -2.44. The minimum atomic E-state index is -0.585. The average molecular weight is 619 g/mol. The largest absolute Gasteiger partial charge is 0.342 e. The predicted octanol–water partition coefficient (Wildman–Crippen LogP) is 6.96. The van der Waals surface area contributed by atoms with E-state index in [-0.39, 0.29) is 11.8 Å². The van der Waals surface area contributed by atoms with E-state index in [9.17, 15) is 9.59 Å².